The summed E-state index contributed by atoms with van der Waals surface area (Å²) in [6.45, 7) is 8.60. The summed E-state index contributed by atoms with van der Waals surface area (Å²) in [5.41, 5.74) is 0.540. The van der Waals surface area contributed by atoms with Crippen LogP contribution in [0.2, 0.25) is 0 Å². The number of carbonyl (C=O) groups excluding carboxylic acids is 3. The molecule has 2 aromatic rings. The molecule has 0 spiro atoms. The number of nitrogens with zero attached hydrogens (tertiary/aromatic N) is 5. The van der Waals surface area contributed by atoms with Crippen molar-refractivity contribution < 1.29 is 32.3 Å². The predicted molar refractivity (Wildman–Crippen MR) is 165 cm³/mol. The van der Waals surface area contributed by atoms with Crippen LogP contribution in [0.1, 0.15) is 58.9 Å². The fourth-order valence-corrected chi connectivity index (χ4v) is 5.70. The van der Waals surface area contributed by atoms with Gasteiger partial charge in [0.05, 0.1) is 5.69 Å². The Hall–Kier alpha value is -4.14. The van der Waals surface area contributed by atoms with Crippen LogP contribution in [-0.4, -0.2) is 98.9 Å². The van der Waals surface area contributed by atoms with E-state index in [0.29, 0.717) is 16.6 Å². The molecule has 2 fully saturated rings. The summed E-state index contributed by atoms with van der Waals surface area (Å²) in [5.74, 6) is -1.92. The molecule has 0 unspecified atom stereocenters. The maximum absolute atomic E-state index is 12.8. The van der Waals surface area contributed by atoms with Crippen LogP contribution < -0.4 is 16.3 Å². The molecule has 12 nitrogen and oxygen atoms in total. The van der Waals surface area contributed by atoms with Gasteiger partial charge in [-0.1, -0.05) is 19.1 Å². The van der Waals surface area contributed by atoms with Gasteiger partial charge in [0.2, 0.25) is 0 Å². The van der Waals surface area contributed by atoms with Gasteiger partial charge in [-0.2, -0.15) is 18.2 Å². The molecule has 0 bridgehead atoms. The highest BCUT2D eigenvalue weighted by molar-refractivity contribution is 5.88. The van der Waals surface area contributed by atoms with Gasteiger partial charge in [-0.05, 0) is 76.8 Å². The third-order valence-corrected chi connectivity index (χ3v) is 8.08. The molecule has 1 saturated heterocycles. The summed E-state index contributed by atoms with van der Waals surface area (Å²) in [6, 6.07) is 8.90. The van der Waals surface area contributed by atoms with Gasteiger partial charge in [0.25, 0.3) is 0 Å². The van der Waals surface area contributed by atoms with Crippen LogP contribution in [0.25, 0.3) is 5.69 Å². The summed E-state index contributed by atoms with van der Waals surface area (Å²) in [5, 5.41) is 5.49. The summed E-state index contributed by atoms with van der Waals surface area (Å²) in [4.78, 5) is 57.2. The number of benzene rings is 1. The van der Waals surface area contributed by atoms with Crippen molar-refractivity contribution in [2.45, 2.75) is 83.8 Å². The van der Waals surface area contributed by atoms with Crippen LogP contribution in [0.3, 0.4) is 0 Å². The van der Waals surface area contributed by atoms with Gasteiger partial charge in [-0.15, -0.1) is 0 Å². The van der Waals surface area contributed by atoms with Crippen LogP contribution in [0.15, 0.2) is 41.3 Å². The Balaban J connectivity index is 1.27. The lowest BCUT2D eigenvalue weighted by molar-refractivity contribution is -0.186. The first-order chi connectivity index (χ1) is 21.6. The zero-order valence-corrected chi connectivity index (χ0v) is 26.6. The first-order valence-electron chi connectivity index (χ1n) is 15.5. The van der Waals surface area contributed by atoms with E-state index >= 15 is 0 Å². The number of rotatable bonds is 7. The molecule has 4 amide bonds. The number of hydrogen-bond acceptors (Lipinski definition) is 7. The molecule has 46 heavy (non-hydrogen) atoms. The molecule has 2 heterocycles. The predicted octanol–water partition coefficient (Wildman–Crippen LogP) is 4.13. The van der Waals surface area contributed by atoms with Gasteiger partial charge in [0.15, 0.2) is 0 Å². The number of urea groups is 1. The Bertz CT molecular complexity index is 1430. The van der Waals surface area contributed by atoms with Crippen molar-refractivity contribution in [1.82, 2.24) is 29.6 Å². The summed E-state index contributed by atoms with van der Waals surface area (Å²) in [6.07, 6.45) is -0.164. The average molecular weight is 650 g/mol. The zero-order chi connectivity index (χ0) is 33.6. The first kappa shape index (κ1) is 34.7. The number of alkyl carbamates (subject to hydrolysis) is 1. The number of nitrogens with one attached hydrogen (secondary N) is 2. The van der Waals surface area contributed by atoms with E-state index < -0.39 is 29.4 Å². The normalized spacial score (nSPS) is 19.1. The Morgan fingerprint density at radius 2 is 1.57 bits per heavy atom. The van der Waals surface area contributed by atoms with Crippen LogP contribution in [-0.2, 0) is 16.1 Å². The fraction of sp³-hybridized carbons (Fsp3) is 0.581. The van der Waals surface area contributed by atoms with E-state index in [0.717, 1.165) is 44.3 Å². The fourth-order valence-electron chi connectivity index (χ4n) is 5.70. The quantitative estimate of drug-likeness (QED) is 0.462. The number of carbonyl (C=O) groups is 3. The number of amides is 4. The Morgan fingerprint density at radius 3 is 2.11 bits per heavy atom. The molecule has 252 valence electrons. The van der Waals surface area contributed by atoms with E-state index in [1.54, 1.807) is 0 Å². The molecule has 1 aromatic heterocycles. The standard InChI is InChI=1S/C31H42F3N7O5/c1-5-38(23-12-8-22(9-13-23)35-29(45)46-30(2,3)4)20-21-6-10-24(11-7-21)41-15-14-25(37-28(41)44)36-27(43)40-18-16-39(17-19-40)26(42)31(32,33)34/h6-7,10-11,14-15,22-23H,5,8-9,12-13,16-20H2,1-4H3,(H,35,45)(H,36,37,43,44)/t22-,23-. The zero-order valence-electron chi connectivity index (χ0n) is 26.6. The van der Waals surface area contributed by atoms with Crippen molar-refractivity contribution in [3.8, 4) is 5.69 Å². The molecule has 1 aliphatic carbocycles. The van der Waals surface area contributed by atoms with Crippen LogP contribution in [0.5, 0.6) is 0 Å². The highest BCUT2D eigenvalue weighted by atomic mass is 19.4. The van der Waals surface area contributed by atoms with Crippen molar-refractivity contribution in [1.29, 1.82) is 0 Å². The van der Waals surface area contributed by atoms with Crippen molar-refractivity contribution in [3.05, 3.63) is 52.6 Å². The Kier molecular flexibility index (Phi) is 11.0. The molecule has 2 aliphatic rings. The van der Waals surface area contributed by atoms with E-state index in [2.05, 4.69) is 27.4 Å². The van der Waals surface area contributed by atoms with Crippen molar-refractivity contribution >= 4 is 23.8 Å². The molecule has 1 aromatic carbocycles. The lowest BCUT2D eigenvalue weighted by Crippen LogP contribution is -2.54. The second-order valence-corrected chi connectivity index (χ2v) is 12.6. The minimum absolute atomic E-state index is 0.00581. The third-order valence-electron chi connectivity index (χ3n) is 8.08. The number of halogens is 3. The highest BCUT2D eigenvalue weighted by Gasteiger charge is 2.43. The molecular weight excluding hydrogens is 607 g/mol. The maximum Gasteiger partial charge on any atom is 0.471 e. The van der Waals surface area contributed by atoms with Gasteiger partial charge in [-0.3, -0.25) is 19.6 Å². The number of anilines is 1. The van der Waals surface area contributed by atoms with Crippen molar-refractivity contribution in [2.75, 3.05) is 38.0 Å². The lowest BCUT2D eigenvalue weighted by atomic mass is 9.90. The number of piperazine rings is 1. The minimum atomic E-state index is -4.96. The molecular formula is C31H42F3N7O5. The third kappa shape index (κ3) is 9.44. The van der Waals surface area contributed by atoms with E-state index in [-0.39, 0.29) is 44.1 Å². The number of aromatic nitrogens is 2. The summed E-state index contributed by atoms with van der Waals surface area (Å²) >= 11 is 0. The van der Waals surface area contributed by atoms with E-state index in [1.165, 1.54) is 21.7 Å². The van der Waals surface area contributed by atoms with Gasteiger partial charge in [-0.25, -0.2) is 14.4 Å². The molecule has 2 N–H and O–H groups in total. The van der Waals surface area contributed by atoms with Crippen molar-refractivity contribution in [3.63, 3.8) is 0 Å². The second kappa shape index (κ2) is 14.5. The van der Waals surface area contributed by atoms with Gasteiger partial charge >= 0.3 is 29.9 Å². The number of hydrogen-bond donors (Lipinski definition) is 2. The van der Waals surface area contributed by atoms with Gasteiger partial charge < -0.3 is 19.9 Å². The molecule has 1 saturated carbocycles. The number of ether oxygens (including phenoxy) is 1. The van der Waals surface area contributed by atoms with Gasteiger partial charge in [0.1, 0.15) is 11.4 Å². The summed E-state index contributed by atoms with van der Waals surface area (Å²) < 4.78 is 44.7. The monoisotopic (exact) mass is 649 g/mol. The van der Waals surface area contributed by atoms with E-state index in [4.69, 9.17) is 4.74 Å². The lowest BCUT2D eigenvalue weighted by Gasteiger charge is -2.36. The van der Waals surface area contributed by atoms with E-state index in [1.807, 2.05) is 45.0 Å². The molecule has 1 aliphatic heterocycles. The van der Waals surface area contributed by atoms with Crippen LogP contribution in [0.4, 0.5) is 28.6 Å². The average Bonchev–Trinajstić information content (AvgIpc) is 2.99. The summed E-state index contributed by atoms with van der Waals surface area (Å²) in [7, 11) is 0. The second-order valence-electron chi connectivity index (χ2n) is 12.6. The minimum Gasteiger partial charge on any atom is -0.444 e. The topological polar surface area (TPSA) is 129 Å². The SMILES string of the molecule is CCN(Cc1ccc(-n2ccc(NC(=O)N3CCN(C(=O)C(F)(F)F)CC3)nc2=O)cc1)[C@H]1CC[C@H](NC(=O)OC(C)(C)C)CC1. The van der Waals surface area contributed by atoms with Crippen molar-refractivity contribution in [2.24, 2.45) is 0 Å². The highest BCUT2D eigenvalue weighted by Crippen LogP contribution is 2.25. The maximum atomic E-state index is 12.8. The Labute approximate surface area is 265 Å². The van der Waals surface area contributed by atoms with E-state index in [9.17, 15) is 32.3 Å². The van der Waals surface area contributed by atoms with Gasteiger partial charge in [0, 0.05) is 51.0 Å². The largest absolute Gasteiger partial charge is 0.471 e. The number of alkyl halides is 3. The molecule has 15 heteroatoms. The molecule has 0 radical (unpaired) electrons. The first-order valence-corrected chi connectivity index (χ1v) is 15.5. The van der Waals surface area contributed by atoms with Crippen LogP contribution in [0, 0.1) is 0 Å². The smallest absolute Gasteiger partial charge is 0.444 e. The van der Waals surface area contributed by atoms with Crippen LogP contribution >= 0.6 is 0 Å². The molecule has 4 rings (SSSR count). The molecule has 0 atom stereocenters. The Morgan fingerprint density at radius 1 is 0.957 bits per heavy atom.